The maximum atomic E-state index is 10.8. The van der Waals surface area contributed by atoms with E-state index in [1.54, 1.807) is 6.08 Å². The molecule has 3 rings (SSSR count). The first-order valence-electron chi connectivity index (χ1n) is 6.12. The minimum atomic E-state index is -0.369. The predicted molar refractivity (Wildman–Crippen MR) is 74.3 cm³/mol. The van der Waals surface area contributed by atoms with Gasteiger partial charge >= 0.3 is 0 Å². The molecule has 1 saturated carbocycles. The minimum Gasteiger partial charge on any atom is -0.360 e. The first kappa shape index (κ1) is 11.7. The number of fused-ring (bicyclic) bond motifs is 1. The van der Waals surface area contributed by atoms with Crippen molar-refractivity contribution in [3.63, 3.8) is 0 Å². The molecule has 1 aliphatic rings. The number of benzene rings is 1. The molecule has 1 aromatic heterocycles. The number of aromatic nitrogens is 1. The van der Waals surface area contributed by atoms with Crippen molar-refractivity contribution in [2.24, 2.45) is 4.99 Å². The molecule has 18 heavy (non-hydrogen) atoms. The molecule has 1 aromatic carbocycles. The number of halogens is 1. The normalized spacial score (nSPS) is 17.8. The van der Waals surface area contributed by atoms with Crippen LogP contribution in [0.15, 0.2) is 33.9 Å². The Kier molecular flexibility index (Phi) is 2.84. The van der Waals surface area contributed by atoms with Crippen molar-refractivity contribution in [3.8, 4) is 0 Å². The Balaban J connectivity index is 2.27. The molecule has 1 N–H and O–H groups in total. The van der Waals surface area contributed by atoms with Gasteiger partial charge in [0.2, 0.25) is 6.08 Å². The van der Waals surface area contributed by atoms with Crippen LogP contribution in [0.5, 0.6) is 0 Å². The summed E-state index contributed by atoms with van der Waals surface area (Å²) in [4.78, 5) is 18.2. The van der Waals surface area contributed by atoms with Gasteiger partial charge in [-0.15, -0.1) is 0 Å². The van der Waals surface area contributed by atoms with E-state index in [9.17, 15) is 4.79 Å². The molecule has 0 amide bonds. The molecular weight excluding hydrogens is 292 g/mol. The fourth-order valence-corrected chi connectivity index (χ4v) is 3.44. The van der Waals surface area contributed by atoms with Gasteiger partial charge in [-0.1, -0.05) is 31.0 Å². The largest absolute Gasteiger partial charge is 0.360 e. The van der Waals surface area contributed by atoms with Crippen LogP contribution in [0.3, 0.4) is 0 Å². The van der Waals surface area contributed by atoms with E-state index in [-0.39, 0.29) is 5.54 Å². The van der Waals surface area contributed by atoms with Crippen LogP contribution in [0.1, 0.15) is 31.2 Å². The van der Waals surface area contributed by atoms with Crippen LogP contribution >= 0.6 is 15.9 Å². The summed E-state index contributed by atoms with van der Waals surface area (Å²) in [6, 6.07) is 6.15. The van der Waals surface area contributed by atoms with Gasteiger partial charge in [-0.25, -0.2) is 4.79 Å². The second-order valence-corrected chi connectivity index (χ2v) is 5.66. The number of aromatic amines is 1. The van der Waals surface area contributed by atoms with Crippen LogP contribution in [0.4, 0.5) is 0 Å². The Morgan fingerprint density at radius 1 is 1.33 bits per heavy atom. The lowest BCUT2D eigenvalue weighted by molar-refractivity contribution is 0.459. The van der Waals surface area contributed by atoms with Crippen molar-refractivity contribution in [1.82, 2.24) is 4.98 Å². The highest BCUT2D eigenvalue weighted by Gasteiger charge is 2.37. The molecule has 1 fully saturated rings. The maximum Gasteiger partial charge on any atom is 0.235 e. The van der Waals surface area contributed by atoms with Gasteiger partial charge in [0.1, 0.15) is 5.54 Å². The van der Waals surface area contributed by atoms with Crippen molar-refractivity contribution in [1.29, 1.82) is 0 Å². The van der Waals surface area contributed by atoms with Crippen molar-refractivity contribution in [3.05, 3.63) is 34.4 Å². The number of hydrogen-bond donors (Lipinski definition) is 1. The standard InChI is InChI=1S/C14H13BrN2O/c15-12-8-16-13-10(12)4-3-5-11(13)14(17-9-18)6-1-2-7-14/h3-5,8,16H,1-2,6-7H2. The monoisotopic (exact) mass is 304 g/mol. The van der Waals surface area contributed by atoms with E-state index < -0.39 is 0 Å². The van der Waals surface area contributed by atoms with Gasteiger partial charge in [0.25, 0.3) is 0 Å². The summed E-state index contributed by atoms with van der Waals surface area (Å²) in [5.74, 6) is 0. The molecule has 0 spiro atoms. The highest BCUT2D eigenvalue weighted by atomic mass is 79.9. The first-order valence-corrected chi connectivity index (χ1v) is 6.91. The number of hydrogen-bond acceptors (Lipinski definition) is 2. The Bertz CT molecular complexity index is 634. The number of carbonyl (C=O) groups excluding carboxylic acids is 1. The summed E-state index contributed by atoms with van der Waals surface area (Å²) in [6.45, 7) is 0. The zero-order valence-electron chi connectivity index (χ0n) is 9.87. The second kappa shape index (κ2) is 4.38. The summed E-state index contributed by atoms with van der Waals surface area (Å²) >= 11 is 3.53. The van der Waals surface area contributed by atoms with Crippen LogP contribution in [0, 0.1) is 0 Å². The summed E-state index contributed by atoms with van der Waals surface area (Å²) in [5.41, 5.74) is 1.82. The van der Waals surface area contributed by atoms with Crippen LogP contribution in [-0.2, 0) is 10.3 Å². The third-order valence-electron chi connectivity index (χ3n) is 3.86. The van der Waals surface area contributed by atoms with Gasteiger partial charge in [0.05, 0.1) is 5.52 Å². The smallest absolute Gasteiger partial charge is 0.235 e. The molecule has 1 heterocycles. The first-order chi connectivity index (χ1) is 8.77. The molecule has 2 aromatic rings. The van der Waals surface area contributed by atoms with Crippen molar-refractivity contribution in [2.75, 3.05) is 0 Å². The molecule has 0 saturated heterocycles. The minimum absolute atomic E-state index is 0.369. The number of para-hydroxylation sites is 1. The van der Waals surface area contributed by atoms with Gasteiger partial charge in [-0.2, -0.15) is 4.99 Å². The van der Waals surface area contributed by atoms with E-state index in [0.29, 0.717) is 0 Å². The van der Waals surface area contributed by atoms with Crippen LogP contribution in [0.2, 0.25) is 0 Å². The molecule has 0 radical (unpaired) electrons. The summed E-state index contributed by atoms with van der Waals surface area (Å²) in [6.07, 6.45) is 7.79. The van der Waals surface area contributed by atoms with Gasteiger partial charge in [-0.05, 0) is 28.8 Å². The summed E-state index contributed by atoms with van der Waals surface area (Å²) in [7, 11) is 0. The van der Waals surface area contributed by atoms with Gasteiger partial charge in [-0.3, -0.25) is 0 Å². The fourth-order valence-electron chi connectivity index (χ4n) is 3.00. The van der Waals surface area contributed by atoms with Crippen molar-refractivity contribution < 1.29 is 4.79 Å². The Labute approximate surface area is 113 Å². The number of nitrogens with one attached hydrogen (secondary N) is 1. The van der Waals surface area contributed by atoms with E-state index >= 15 is 0 Å². The summed E-state index contributed by atoms with van der Waals surface area (Å²) < 4.78 is 1.04. The second-order valence-electron chi connectivity index (χ2n) is 4.81. The molecule has 3 nitrogen and oxygen atoms in total. The molecule has 4 heteroatoms. The quantitative estimate of drug-likeness (QED) is 0.660. The molecule has 0 bridgehead atoms. The van der Waals surface area contributed by atoms with Crippen LogP contribution < -0.4 is 0 Å². The van der Waals surface area contributed by atoms with E-state index in [2.05, 4.69) is 38.0 Å². The third-order valence-corrected chi connectivity index (χ3v) is 4.51. The zero-order valence-corrected chi connectivity index (χ0v) is 11.5. The number of nitrogens with zero attached hydrogens (tertiary/aromatic N) is 1. The number of isocyanates is 1. The highest BCUT2D eigenvalue weighted by molar-refractivity contribution is 9.10. The van der Waals surface area contributed by atoms with Crippen LogP contribution in [0.25, 0.3) is 10.9 Å². The van der Waals surface area contributed by atoms with E-state index in [4.69, 9.17) is 0 Å². The van der Waals surface area contributed by atoms with Gasteiger partial charge in [0.15, 0.2) is 0 Å². The Morgan fingerprint density at radius 2 is 2.11 bits per heavy atom. The molecule has 0 atom stereocenters. The molecular formula is C14H13BrN2O. The fraction of sp³-hybridized carbons (Fsp3) is 0.357. The topological polar surface area (TPSA) is 45.2 Å². The number of rotatable bonds is 2. The SMILES string of the molecule is O=C=NC1(c2cccc3c(Br)c[nH]c23)CCCC1. The lowest BCUT2D eigenvalue weighted by Crippen LogP contribution is -2.19. The lowest BCUT2D eigenvalue weighted by atomic mass is 9.87. The number of H-pyrrole nitrogens is 1. The molecule has 0 aliphatic heterocycles. The lowest BCUT2D eigenvalue weighted by Gasteiger charge is -2.23. The van der Waals surface area contributed by atoms with E-state index in [1.165, 1.54) is 0 Å². The predicted octanol–water partition coefficient (Wildman–Crippen LogP) is 4.04. The summed E-state index contributed by atoms with van der Waals surface area (Å²) in [5, 5.41) is 1.14. The van der Waals surface area contributed by atoms with Crippen molar-refractivity contribution in [2.45, 2.75) is 31.2 Å². The Hall–Kier alpha value is -1.38. The molecule has 0 unspecified atom stereocenters. The number of aliphatic imine (C=N–C) groups is 1. The van der Waals surface area contributed by atoms with Crippen molar-refractivity contribution >= 4 is 32.9 Å². The van der Waals surface area contributed by atoms with E-state index in [0.717, 1.165) is 46.6 Å². The highest BCUT2D eigenvalue weighted by Crippen LogP contribution is 2.44. The van der Waals surface area contributed by atoms with Gasteiger partial charge in [0, 0.05) is 21.6 Å². The van der Waals surface area contributed by atoms with Crippen LogP contribution in [-0.4, -0.2) is 11.1 Å². The zero-order chi connectivity index (χ0) is 12.6. The third kappa shape index (κ3) is 1.64. The maximum absolute atomic E-state index is 10.8. The Morgan fingerprint density at radius 3 is 2.83 bits per heavy atom. The average molecular weight is 305 g/mol. The average Bonchev–Trinajstić information content (AvgIpc) is 2.98. The van der Waals surface area contributed by atoms with Gasteiger partial charge < -0.3 is 4.98 Å². The molecule has 92 valence electrons. The van der Waals surface area contributed by atoms with E-state index in [1.807, 2.05) is 12.3 Å². The molecule has 1 aliphatic carbocycles.